The Balaban J connectivity index is 1.90. The average molecular weight is 341 g/mol. The second kappa shape index (κ2) is 6.59. The molecular formula is C16H18F3N3S. The van der Waals surface area contributed by atoms with Gasteiger partial charge in [-0.1, -0.05) is 30.3 Å². The SMILES string of the molecule is CN1CCN(Cc2sc(C(F)(F)F)nc2-c2ccccc2)CC1. The molecule has 7 heteroatoms. The third kappa shape index (κ3) is 3.91. The molecule has 0 unspecified atom stereocenters. The minimum atomic E-state index is -4.39. The molecule has 23 heavy (non-hydrogen) atoms. The van der Waals surface area contributed by atoms with Crippen LogP contribution in [0.15, 0.2) is 30.3 Å². The number of halogens is 3. The van der Waals surface area contributed by atoms with Gasteiger partial charge in [-0.2, -0.15) is 13.2 Å². The molecule has 1 aromatic carbocycles. The van der Waals surface area contributed by atoms with E-state index >= 15 is 0 Å². The number of hydrogen-bond donors (Lipinski definition) is 0. The lowest BCUT2D eigenvalue weighted by atomic mass is 10.1. The van der Waals surface area contributed by atoms with E-state index in [1.807, 2.05) is 30.3 Å². The number of aromatic nitrogens is 1. The molecule has 124 valence electrons. The fourth-order valence-corrected chi connectivity index (χ4v) is 3.60. The molecule has 0 aliphatic carbocycles. The maximum atomic E-state index is 13.1. The monoisotopic (exact) mass is 341 g/mol. The van der Waals surface area contributed by atoms with Gasteiger partial charge in [0.25, 0.3) is 0 Å². The minimum Gasteiger partial charge on any atom is -0.304 e. The van der Waals surface area contributed by atoms with Crippen LogP contribution < -0.4 is 0 Å². The third-order valence-corrected chi connectivity index (χ3v) is 5.04. The molecule has 1 fully saturated rings. The van der Waals surface area contributed by atoms with Crippen molar-refractivity contribution in [2.45, 2.75) is 12.7 Å². The summed E-state index contributed by atoms with van der Waals surface area (Å²) in [6, 6.07) is 9.11. The van der Waals surface area contributed by atoms with Crippen LogP contribution in [0.2, 0.25) is 0 Å². The van der Waals surface area contributed by atoms with Crippen molar-refractivity contribution in [3.05, 3.63) is 40.2 Å². The van der Waals surface area contributed by atoms with Crippen LogP contribution in [0.5, 0.6) is 0 Å². The summed E-state index contributed by atoms with van der Waals surface area (Å²) in [6.07, 6.45) is -4.39. The maximum absolute atomic E-state index is 13.1. The number of hydrogen-bond acceptors (Lipinski definition) is 4. The average Bonchev–Trinajstić information content (AvgIpc) is 2.94. The normalized spacial score (nSPS) is 17.6. The van der Waals surface area contributed by atoms with E-state index in [-0.39, 0.29) is 0 Å². The van der Waals surface area contributed by atoms with Gasteiger partial charge in [0.05, 0.1) is 5.69 Å². The molecule has 1 aliphatic rings. The number of rotatable bonds is 3. The Bertz CT molecular complexity index is 646. The lowest BCUT2D eigenvalue weighted by molar-refractivity contribution is -0.137. The van der Waals surface area contributed by atoms with Crippen molar-refractivity contribution in [3.63, 3.8) is 0 Å². The van der Waals surface area contributed by atoms with Gasteiger partial charge in [-0.15, -0.1) is 11.3 Å². The highest BCUT2D eigenvalue weighted by atomic mass is 32.1. The lowest BCUT2D eigenvalue weighted by Gasteiger charge is -2.32. The van der Waals surface area contributed by atoms with Crippen LogP contribution in [0.25, 0.3) is 11.3 Å². The summed E-state index contributed by atoms with van der Waals surface area (Å²) >= 11 is 0.764. The lowest BCUT2D eigenvalue weighted by Crippen LogP contribution is -2.43. The van der Waals surface area contributed by atoms with E-state index in [1.54, 1.807) is 0 Å². The first-order valence-electron chi connectivity index (χ1n) is 7.46. The quantitative estimate of drug-likeness (QED) is 0.851. The van der Waals surface area contributed by atoms with Gasteiger partial charge < -0.3 is 4.90 Å². The molecular weight excluding hydrogens is 323 g/mol. The van der Waals surface area contributed by atoms with Crippen LogP contribution in [0.4, 0.5) is 13.2 Å². The summed E-state index contributed by atoms with van der Waals surface area (Å²) < 4.78 is 39.2. The van der Waals surface area contributed by atoms with Crippen molar-refractivity contribution < 1.29 is 13.2 Å². The first-order chi connectivity index (χ1) is 10.9. The third-order valence-electron chi connectivity index (χ3n) is 3.95. The molecule has 3 rings (SSSR count). The van der Waals surface area contributed by atoms with Crippen LogP contribution in [-0.2, 0) is 12.7 Å². The van der Waals surface area contributed by atoms with E-state index in [0.29, 0.717) is 17.1 Å². The second-order valence-corrected chi connectivity index (χ2v) is 6.82. The highest BCUT2D eigenvalue weighted by Gasteiger charge is 2.36. The fourth-order valence-electron chi connectivity index (χ4n) is 2.61. The standard InChI is InChI=1S/C16H18F3N3S/c1-21-7-9-22(10-8-21)11-13-14(12-5-3-2-4-6-12)20-15(23-13)16(17,18)19/h2-6H,7-11H2,1H3. The van der Waals surface area contributed by atoms with Gasteiger partial charge in [0.15, 0.2) is 5.01 Å². The molecule has 0 saturated carbocycles. The van der Waals surface area contributed by atoms with Crippen molar-refractivity contribution >= 4 is 11.3 Å². The summed E-state index contributed by atoms with van der Waals surface area (Å²) in [4.78, 5) is 9.00. The van der Waals surface area contributed by atoms with Crippen molar-refractivity contribution in [1.29, 1.82) is 0 Å². The number of piperazine rings is 1. The zero-order chi connectivity index (χ0) is 16.4. The Kier molecular flexibility index (Phi) is 4.70. The number of likely N-dealkylation sites (N-methyl/N-ethyl adjacent to an activating group) is 1. The number of nitrogens with zero attached hydrogens (tertiary/aromatic N) is 3. The Labute approximate surface area is 137 Å². The number of alkyl halides is 3. The molecule has 1 aliphatic heterocycles. The maximum Gasteiger partial charge on any atom is 0.443 e. The first-order valence-corrected chi connectivity index (χ1v) is 8.28. The number of thiazole rings is 1. The van der Waals surface area contributed by atoms with E-state index in [0.717, 1.165) is 43.1 Å². The van der Waals surface area contributed by atoms with E-state index in [9.17, 15) is 13.2 Å². The molecule has 3 nitrogen and oxygen atoms in total. The summed E-state index contributed by atoms with van der Waals surface area (Å²) in [5, 5.41) is -0.763. The first kappa shape index (κ1) is 16.4. The van der Waals surface area contributed by atoms with Gasteiger partial charge >= 0.3 is 6.18 Å². The topological polar surface area (TPSA) is 19.4 Å². The highest BCUT2D eigenvalue weighted by Crippen LogP contribution is 2.38. The molecule has 0 radical (unpaired) electrons. The van der Waals surface area contributed by atoms with E-state index in [4.69, 9.17) is 0 Å². The predicted octanol–water partition coefficient (Wildman–Crippen LogP) is 3.58. The fraction of sp³-hybridized carbons (Fsp3) is 0.438. The predicted molar refractivity (Wildman–Crippen MR) is 85.3 cm³/mol. The Morgan fingerprint density at radius 1 is 1.09 bits per heavy atom. The van der Waals surface area contributed by atoms with Gasteiger partial charge in [-0.05, 0) is 7.05 Å². The van der Waals surface area contributed by atoms with Crippen LogP contribution >= 0.6 is 11.3 Å². The van der Waals surface area contributed by atoms with E-state index in [1.165, 1.54) is 0 Å². The van der Waals surface area contributed by atoms with Crippen molar-refractivity contribution in [2.24, 2.45) is 0 Å². The largest absolute Gasteiger partial charge is 0.443 e. The summed E-state index contributed by atoms with van der Waals surface area (Å²) in [5.41, 5.74) is 1.20. The van der Waals surface area contributed by atoms with Gasteiger partial charge in [0.2, 0.25) is 0 Å². The molecule has 2 heterocycles. The molecule has 1 aromatic heterocycles. The zero-order valence-corrected chi connectivity index (χ0v) is 13.6. The Hall–Kier alpha value is -1.44. The summed E-state index contributed by atoms with van der Waals surface area (Å²) in [5.74, 6) is 0. The van der Waals surface area contributed by atoms with Crippen molar-refractivity contribution in [1.82, 2.24) is 14.8 Å². The van der Waals surface area contributed by atoms with Gasteiger partial charge in [0, 0.05) is 43.2 Å². The smallest absolute Gasteiger partial charge is 0.304 e. The second-order valence-electron chi connectivity index (χ2n) is 5.73. The van der Waals surface area contributed by atoms with Crippen LogP contribution in [-0.4, -0.2) is 48.0 Å². The van der Waals surface area contributed by atoms with Crippen LogP contribution in [0.3, 0.4) is 0 Å². The molecule has 0 N–H and O–H groups in total. The van der Waals surface area contributed by atoms with E-state index in [2.05, 4.69) is 21.8 Å². The van der Waals surface area contributed by atoms with Crippen LogP contribution in [0, 0.1) is 0 Å². The molecule has 0 atom stereocenters. The Morgan fingerprint density at radius 2 is 1.74 bits per heavy atom. The van der Waals surface area contributed by atoms with Gasteiger partial charge in [-0.3, -0.25) is 4.90 Å². The van der Waals surface area contributed by atoms with Crippen molar-refractivity contribution in [2.75, 3.05) is 33.2 Å². The minimum absolute atomic E-state index is 0.460. The molecule has 0 amide bonds. The number of benzene rings is 1. The molecule has 1 saturated heterocycles. The Morgan fingerprint density at radius 3 is 2.35 bits per heavy atom. The summed E-state index contributed by atoms with van der Waals surface area (Å²) in [6.45, 7) is 4.12. The summed E-state index contributed by atoms with van der Waals surface area (Å²) in [7, 11) is 2.06. The molecule has 2 aromatic rings. The molecule has 0 bridgehead atoms. The van der Waals surface area contributed by atoms with Crippen LogP contribution in [0.1, 0.15) is 9.88 Å². The molecule has 0 spiro atoms. The zero-order valence-electron chi connectivity index (χ0n) is 12.8. The van der Waals surface area contributed by atoms with Crippen molar-refractivity contribution in [3.8, 4) is 11.3 Å². The van der Waals surface area contributed by atoms with E-state index < -0.39 is 11.2 Å². The highest BCUT2D eigenvalue weighted by molar-refractivity contribution is 7.12. The van der Waals surface area contributed by atoms with Gasteiger partial charge in [-0.25, -0.2) is 4.98 Å². The van der Waals surface area contributed by atoms with Gasteiger partial charge in [0.1, 0.15) is 0 Å².